The van der Waals surface area contributed by atoms with E-state index in [0.717, 1.165) is 25.7 Å². The molecule has 2 aromatic carbocycles. The summed E-state index contributed by atoms with van der Waals surface area (Å²) < 4.78 is 22.8. The van der Waals surface area contributed by atoms with Crippen LogP contribution in [0.5, 0.6) is 23.0 Å². The van der Waals surface area contributed by atoms with Gasteiger partial charge in [-0.3, -0.25) is 4.79 Å². The number of rotatable bonds is 4. The number of nitrogen functional groups attached to an aromatic ring is 1. The predicted octanol–water partition coefficient (Wildman–Crippen LogP) is 3.03. The average molecular weight is 506 g/mol. The first kappa shape index (κ1) is 23.4. The van der Waals surface area contributed by atoms with Crippen molar-refractivity contribution >= 4 is 28.6 Å². The lowest BCUT2D eigenvalue weighted by atomic mass is 9.86. The van der Waals surface area contributed by atoms with Crippen LogP contribution in [0.4, 0.5) is 11.8 Å². The van der Waals surface area contributed by atoms with Gasteiger partial charge in [-0.25, -0.2) is 4.98 Å². The first-order valence-corrected chi connectivity index (χ1v) is 12.7. The van der Waals surface area contributed by atoms with Crippen LogP contribution in [0.1, 0.15) is 25.7 Å². The highest BCUT2D eigenvalue weighted by Gasteiger charge is 2.44. The molecule has 2 N–H and O–H groups in total. The Bertz CT molecular complexity index is 1330. The Morgan fingerprint density at radius 3 is 2.51 bits per heavy atom. The van der Waals surface area contributed by atoms with E-state index in [9.17, 15) is 4.79 Å². The molecule has 37 heavy (non-hydrogen) atoms. The molecule has 1 saturated heterocycles. The summed E-state index contributed by atoms with van der Waals surface area (Å²) in [6.45, 7) is 1.37. The number of amides is 1. The van der Waals surface area contributed by atoms with E-state index in [1.807, 2.05) is 35.2 Å². The van der Waals surface area contributed by atoms with Gasteiger partial charge in [-0.2, -0.15) is 4.98 Å². The number of nitrogens with zero attached hydrogens (tertiary/aromatic N) is 4. The van der Waals surface area contributed by atoms with Gasteiger partial charge in [0.2, 0.25) is 12.1 Å². The summed E-state index contributed by atoms with van der Waals surface area (Å²) in [4.78, 5) is 27.4. The minimum atomic E-state index is -0.654. The maximum atomic E-state index is 13.6. The Labute approximate surface area is 215 Å². The van der Waals surface area contributed by atoms with Gasteiger partial charge < -0.3 is 34.5 Å². The number of fused-ring (bicyclic) bond motifs is 3. The molecule has 2 fully saturated rings. The van der Waals surface area contributed by atoms with Crippen molar-refractivity contribution in [1.82, 2.24) is 14.9 Å². The van der Waals surface area contributed by atoms with Gasteiger partial charge in [0, 0.05) is 24.5 Å². The highest BCUT2D eigenvalue weighted by Crippen LogP contribution is 2.38. The Morgan fingerprint density at radius 2 is 1.73 bits per heavy atom. The normalized spacial score (nSPS) is 22.9. The standard InChI is InChI=1S/C27H31N5O5/c1-34-22-13-16-17(14-23(22)35-2)29-27(30-25(16)28)32-12-11-31(18-7-3-4-8-19(18)32)26(33)24-15-36-20-9-5-6-10-21(20)37-24/h5-6,9-10,13-14,18-19,24H,3-4,7-8,11-12,15H2,1-2H3,(H2,28,29,30)/t18-,19+,24?/m0/s1. The fraction of sp³-hybridized carbons (Fsp3) is 0.444. The number of ether oxygens (including phenoxy) is 4. The number of hydrogen-bond acceptors (Lipinski definition) is 9. The fourth-order valence-electron chi connectivity index (χ4n) is 5.81. The summed E-state index contributed by atoms with van der Waals surface area (Å²) in [7, 11) is 3.18. The second-order valence-corrected chi connectivity index (χ2v) is 9.64. The molecule has 0 bridgehead atoms. The molecule has 1 saturated carbocycles. The minimum absolute atomic E-state index is 0.0261. The van der Waals surface area contributed by atoms with E-state index >= 15 is 0 Å². The van der Waals surface area contributed by atoms with Crippen LogP contribution in [0.3, 0.4) is 0 Å². The van der Waals surface area contributed by atoms with Crippen molar-refractivity contribution < 1.29 is 23.7 Å². The van der Waals surface area contributed by atoms with Crippen molar-refractivity contribution in [2.45, 2.75) is 43.9 Å². The molecule has 3 atom stereocenters. The average Bonchev–Trinajstić information content (AvgIpc) is 2.95. The van der Waals surface area contributed by atoms with E-state index < -0.39 is 6.10 Å². The molecule has 1 amide bonds. The number of methoxy groups -OCH3 is 2. The molecule has 10 heteroatoms. The zero-order valence-electron chi connectivity index (χ0n) is 21.1. The Kier molecular flexibility index (Phi) is 6.02. The monoisotopic (exact) mass is 505 g/mol. The van der Waals surface area contributed by atoms with Crippen LogP contribution in [0, 0.1) is 0 Å². The summed E-state index contributed by atoms with van der Waals surface area (Å²) >= 11 is 0. The molecule has 1 aromatic heterocycles. The quantitative estimate of drug-likeness (QED) is 0.572. The smallest absolute Gasteiger partial charge is 0.267 e. The van der Waals surface area contributed by atoms with Crippen molar-refractivity contribution in [1.29, 1.82) is 0 Å². The number of hydrogen-bond donors (Lipinski definition) is 1. The first-order chi connectivity index (χ1) is 18.1. The van der Waals surface area contributed by atoms with Crippen LogP contribution in [-0.2, 0) is 4.79 Å². The lowest BCUT2D eigenvalue weighted by Gasteiger charge is -2.50. The Hall–Kier alpha value is -3.95. The third-order valence-corrected chi connectivity index (χ3v) is 7.62. The number of anilines is 2. The maximum Gasteiger partial charge on any atom is 0.267 e. The van der Waals surface area contributed by atoms with Gasteiger partial charge in [0.05, 0.1) is 31.8 Å². The van der Waals surface area contributed by atoms with E-state index in [4.69, 9.17) is 29.7 Å². The summed E-state index contributed by atoms with van der Waals surface area (Å²) in [6.07, 6.45) is 3.38. The second kappa shape index (κ2) is 9.49. The van der Waals surface area contributed by atoms with Crippen molar-refractivity contribution in [3.8, 4) is 23.0 Å². The first-order valence-electron chi connectivity index (χ1n) is 12.7. The van der Waals surface area contributed by atoms with Gasteiger partial charge in [-0.1, -0.05) is 25.0 Å². The van der Waals surface area contributed by atoms with Crippen LogP contribution >= 0.6 is 0 Å². The summed E-state index contributed by atoms with van der Waals surface area (Å²) in [5.41, 5.74) is 7.08. The van der Waals surface area contributed by atoms with E-state index in [1.54, 1.807) is 20.3 Å². The highest BCUT2D eigenvalue weighted by atomic mass is 16.6. The molecule has 10 nitrogen and oxygen atoms in total. The van der Waals surface area contributed by atoms with E-state index in [2.05, 4.69) is 9.88 Å². The van der Waals surface area contributed by atoms with Crippen LogP contribution in [0.25, 0.3) is 10.9 Å². The molecule has 1 aliphatic carbocycles. The van der Waals surface area contributed by atoms with Crippen molar-refractivity contribution in [2.75, 3.05) is 44.5 Å². The largest absolute Gasteiger partial charge is 0.493 e. The summed E-state index contributed by atoms with van der Waals surface area (Å²) in [5.74, 6) is 3.38. The second-order valence-electron chi connectivity index (χ2n) is 9.64. The van der Waals surface area contributed by atoms with Gasteiger partial charge in [0.15, 0.2) is 23.0 Å². The zero-order chi connectivity index (χ0) is 25.5. The number of carbonyl (C=O) groups is 1. The number of piperazine rings is 1. The van der Waals surface area contributed by atoms with Crippen LogP contribution in [0.15, 0.2) is 36.4 Å². The fourth-order valence-corrected chi connectivity index (χ4v) is 5.81. The number of benzene rings is 2. The summed E-state index contributed by atoms with van der Waals surface area (Å²) in [5, 5.41) is 0.713. The van der Waals surface area contributed by atoms with Gasteiger partial charge in [-0.05, 0) is 31.0 Å². The number of carbonyl (C=O) groups excluding carboxylic acids is 1. The topological polar surface area (TPSA) is 112 Å². The van der Waals surface area contributed by atoms with Crippen LogP contribution < -0.4 is 29.6 Å². The number of para-hydroxylation sites is 2. The number of aromatic nitrogens is 2. The highest BCUT2D eigenvalue weighted by molar-refractivity contribution is 5.92. The molecule has 1 unspecified atom stereocenters. The van der Waals surface area contributed by atoms with Gasteiger partial charge in [-0.15, -0.1) is 0 Å². The molecular weight excluding hydrogens is 474 g/mol. The molecule has 2 aliphatic heterocycles. The minimum Gasteiger partial charge on any atom is -0.493 e. The molecule has 0 radical (unpaired) electrons. The molecule has 0 spiro atoms. The van der Waals surface area contributed by atoms with Gasteiger partial charge >= 0.3 is 0 Å². The Morgan fingerprint density at radius 1 is 1.00 bits per heavy atom. The molecule has 3 heterocycles. The van der Waals surface area contributed by atoms with E-state index in [0.29, 0.717) is 58.8 Å². The van der Waals surface area contributed by atoms with Crippen molar-refractivity contribution in [2.24, 2.45) is 0 Å². The SMILES string of the molecule is COc1cc2nc(N3CCN(C(=O)C4COc5ccccc5O4)[C@H]4CCCC[C@H]43)nc(N)c2cc1OC. The van der Waals surface area contributed by atoms with Gasteiger partial charge in [0.25, 0.3) is 5.91 Å². The third-order valence-electron chi connectivity index (χ3n) is 7.62. The van der Waals surface area contributed by atoms with E-state index in [-0.39, 0.29) is 24.6 Å². The predicted molar refractivity (Wildman–Crippen MR) is 139 cm³/mol. The molecule has 194 valence electrons. The lowest BCUT2D eigenvalue weighted by molar-refractivity contribution is -0.145. The molecule has 6 rings (SSSR count). The van der Waals surface area contributed by atoms with Crippen molar-refractivity contribution in [3.05, 3.63) is 36.4 Å². The van der Waals surface area contributed by atoms with E-state index in [1.165, 1.54) is 0 Å². The zero-order valence-corrected chi connectivity index (χ0v) is 21.1. The third kappa shape index (κ3) is 4.10. The van der Waals surface area contributed by atoms with Crippen LogP contribution in [0.2, 0.25) is 0 Å². The van der Waals surface area contributed by atoms with Gasteiger partial charge in [0.1, 0.15) is 12.4 Å². The molecular formula is C27H31N5O5. The van der Waals surface area contributed by atoms with Crippen molar-refractivity contribution in [3.63, 3.8) is 0 Å². The molecule has 3 aromatic rings. The number of nitrogens with two attached hydrogens (primary N) is 1. The summed E-state index contributed by atoms with van der Waals surface area (Å²) in [6, 6.07) is 11.2. The van der Waals surface area contributed by atoms with Crippen LogP contribution in [-0.4, -0.2) is 72.9 Å². The Balaban J connectivity index is 1.27. The maximum absolute atomic E-state index is 13.6. The molecule has 3 aliphatic rings. The lowest BCUT2D eigenvalue weighted by Crippen LogP contribution is -2.64.